The average Bonchev–Trinajstić information content (AvgIpc) is 3.15. The van der Waals surface area contributed by atoms with Gasteiger partial charge in [0, 0.05) is 34.4 Å². The summed E-state index contributed by atoms with van der Waals surface area (Å²) in [7, 11) is 1.69. The van der Waals surface area contributed by atoms with Gasteiger partial charge in [-0.25, -0.2) is 0 Å². The number of amides is 2. The lowest BCUT2D eigenvalue weighted by Crippen LogP contribution is -2.34. The first-order chi connectivity index (χ1) is 15.5. The summed E-state index contributed by atoms with van der Waals surface area (Å²) in [5.74, 6) is -0.684. The van der Waals surface area contributed by atoms with Crippen molar-refractivity contribution in [2.75, 3.05) is 11.9 Å². The second-order valence-corrected chi connectivity index (χ2v) is 9.63. The highest BCUT2D eigenvalue weighted by atomic mass is 35.5. The van der Waals surface area contributed by atoms with Crippen LogP contribution in [0.1, 0.15) is 41.9 Å². The first-order valence-corrected chi connectivity index (χ1v) is 11.3. The molecule has 6 nitrogen and oxygen atoms in total. The van der Waals surface area contributed by atoms with E-state index in [0.717, 1.165) is 40.6 Å². The molecule has 1 aliphatic carbocycles. The van der Waals surface area contributed by atoms with Crippen LogP contribution in [0.3, 0.4) is 0 Å². The number of rotatable bonds is 5. The first kappa shape index (κ1) is 23.1. The zero-order valence-corrected chi connectivity index (χ0v) is 19.8. The van der Waals surface area contributed by atoms with Crippen LogP contribution in [0.2, 0.25) is 5.02 Å². The molecule has 1 atom stereocenters. The number of aromatic amines is 1. The van der Waals surface area contributed by atoms with E-state index in [1.807, 2.05) is 38.1 Å². The minimum absolute atomic E-state index is 0.0934. The lowest BCUT2D eigenvalue weighted by Gasteiger charge is -2.32. The van der Waals surface area contributed by atoms with Crippen molar-refractivity contribution < 1.29 is 14.7 Å². The van der Waals surface area contributed by atoms with Crippen molar-refractivity contribution in [3.63, 3.8) is 0 Å². The van der Waals surface area contributed by atoms with Crippen LogP contribution in [0.25, 0.3) is 22.0 Å². The molecule has 172 valence electrons. The van der Waals surface area contributed by atoms with E-state index < -0.39 is 11.5 Å². The van der Waals surface area contributed by atoms with E-state index in [4.69, 9.17) is 17.3 Å². The van der Waals surface area contributed by atoms with Gasteiger partial charge in [0.05, 0.1) is 16.7 Å². The summed E-state index contributed by atoms with van der Waals surface area (Å²) in [6.07, 6.45) is 3.49. The molecule has 0 bridgehead atoms. The maximum Gasteiger partial charge on any atom is 0.250 e. The quantitative estimate of drug-likeness (QED) is 0.479. The molecule has 0 fully saturated rings. The number of nitrogens with one attached hydrogen (secondary N) is 1. The Balaban J connectivity index is 1.96. The van der Waals surface area contributed by atoms with Gasteiger partial charge in [-0.2, -0.15) is 0 Å². The van der Waals surface area contributed by atoms with Crippen LogP contribution >= 0.6 is 11.6 Å². The van der Waals surface area contributed by atoms with Gasteiger partial charge >= 0.3 is 0 Å². The monoisotopic (exact) mass is 465 g/mol. The van der Waals surface area contributed by atoms with E-state index in [2.05, 4.69) is 11.6 Å². The summed E-state index contributed by atoms with van der Waals surface area (Å²) in [6, 6.07) is 9.14. The highest BCUT2D eigenvalue weighted by molar-refractivity contribution is 6.36. The van der Waals surface area contributed by atoms with Crippen molar-refractivity contribution in [1.29, 1.82) is 0 Å². The highest BCUT2D eigenvalue weighted by Crippen LogP contribution is 2.44. The van der Waals surface area contributed by atoms with Gasteiger partial charge in [0.15, 0.2) is 0 Å². The van der Waals surface area contributed by atoms with Gasteiger partial charge in [-0.15, -0.1) is 0 Å². The molecule has 4 N–H and O–H groups in total. The van der Waals surface area contributed by atoms with Crippen LogP contribution in [0, 0.1) is 5.92 Å². The number of nitrogens with two attached hydrogens (primary N) is 1. The van der Waals surface area contributed by atoms with Crippen LogP contribution in [-0.4, -0.2) is 34.6 Å². The van der Waals surface area contributed by atoms with E-state index in [1.165, 1.54) is 11.0 Å². The average molecular weight is 466 g/mol. The van der Waals surface area contributed by atoms with Gasteiger partial charge < -0.3 is 20.7 Å². The van der Waals surface area contributed by atoms with Crippen molar-refractivity contribution in [2.24, 2.45) is 11.7 Å². The number of carbonyl (C=O) groups excluding carboxylic acids is 2. The molecule has 1 aromatic heterocycles. The van der Waals surface area contributed by atoms with E-state index in [-0.39, 0.29) is 11.8 Å². The van der Waals surface area contributed by atoms with Crippen LogP contribution < -0.4 is 10.6 Å². The second kappa shape index (κ2) is 8.36. The molecule has 1 heterocycles. The fourth-order valence-corrected chi connectivity index (χ4v) is 5.10. The molecular formula is C26H28ClN3O3. The van der Waals surface area contributed by atoms with E-state index >= 15 is 0 Å². The van der Waals surface area contributed by atoms with Gasteiger partial charge in [0.1, 0.15) is 0 Å². The molecule has 0 saturated heterocycles. The lowest BCUT2D eigenvalue weighted by molar-refractivity contribution is -0.113. The minimum Gasteiger partial charge on any atom is -0.390 e. The normalized spacial score (nSPS) is 15.8. The Hall–Kier alpha value is -3.09. The van der Waals surface area contributed by atoms with Crippen LogP contribution in [0.4, 0.5) is 5.69 Å². The number of aliphatic hydroxyl groups is 1. The number of nitrogens with zero attached hydrogens (tertiary/aromatic N) is 1. The van der Waals surface area contributed by atoms with E-state index in [1.54, 1.807) is 13.1 Å². The third kappa shape index (κ3) is 4.05. The Kier molecular flexibility index (Phi) is 5.85. The highest BCUT2D eigenvalue weighted by Gasteiger charge is 2.33. The zero-order chi connectivity index (χ0) is 24.1. The molecule has 1 unspecified atom stereocenters. The topological polar surface area (TPSA) is 99.4 Å². The molecule has 0 aliphatic heterocycles. The number of halogens is 1. The predicted molar refractivity (Wildman–Crippen MR) is 133 cm³/mol. The minimum atomic E-state index is -0.807. The Labute approximate surface area is 198 Å². The summed E-state index contributed by atoms with van der Waals surface area (Å²) in [5, 5.41) is 11.8. The standard InChI is InChI=1S/C26H28ClN3O3/c1-5-21(31)30(4)16-8-6-7-14(11-16)22-19(27)13-18(25(28)32)24-23(22)17-10-9-15(26(2,3)33)12-20(17)29-24/h5-8,11,13,15,29,33H,1,9-10,12H2,2-4H3,(H2,28,32). The number of fused-ring (bicyclic) bond motifs is 3. The number of hydrogen-bond acceptors (Lipinski definition) is 3. The maximum atomic E-state index is 12.3. The first-order valence-electron chi connectivity index (χ1n) is 10.9. The molecule has 3 aromatic rings. The summed E-state index contributed by atoms with van der Waals surface area (Å²) >= 11 is 6.75. The Bertz CT molecular complexity index is 1290. The number of hydrogen-bond donors (Lipinski definition) is 3. The summed E-state index contributed by atoms with van der Waals surface area (Å²) in [6.45, 7) is 7.21. The SMILES string of the molecule is C=CC(=O)N(C)c1cccc(-c2c(Cl)cc(C(N)=O)c3[nH]c4c(c23)CCC(C(C)(C)O)C4)c1. The third-order valence-electron chi connectivity index (χ3n) is 6.71. The predicted octanol–water partition coefficient (Wildman–Crippen LogP) is 4.61. The Morgan fingerprint density at radius 3 is 2.70 bits per heavy atom. The van der Waals surface area contributed by atoms with Crippen molar-refractivity contribution >= 4 is 40.0 Å². The van der Waals surface area contributed by atoms with Crippen molar-refractivity contribution in [2.45, 2.75) is 38.7 Å². The molecule has 1 aliphatic rings. The number of H-pyrrole nitrogens is 1. The van der Waals surface area contributed by atoms with Gasteiger partial charge in [-0.05, 0) is 74.4 Å². The summed E-state index contributed by atoms with van der Waals surface area (Å²) in [5.41, 5.74) is 10.3. The molecule has 0 saturated carbocycles. The fourth-order valence-electron chi connectivity index (χ4n) is 4.79. The van der Waals surface area contributed by atoms with E-state index in [9.17, 15) is 14.7 Å². The van der Waals surface area contributed by atoms with Crippen molar-refractivity contribution in [3.05, 3.63) is 64.8 Å². The molecule has 7 heteroatoms. The number of anilines is 1. The van der Waals surface area contributed by atoms with Crippen molar-refractivity contribution in [3.8, 4) is 11.1 Å². The fraction of sp³-hybridized carbons (Fsp3) is 0.308. The largest absolute Gasteiger partial charge is 0.390 e. The molecule has 33 heavy (non-hydrogen) atoms. The van der Waals surface area contributed by atoms with Gasteiger partial charge in [-0.1, -0.05) is 30.3 Å². The molecule has 2 aromatic carbocycles. The number of aryl methyl sites for hydroxylation is 1. The van der Waals surface area contributed by atoms with E-state index in [0.29, 0.717) is 28.2 Å². The molecular weight excluding hydrogens is 438 g/mol. The van der Waals surface area contributed by atoms with Crippen LogP contribution in [0.5, 0.6) is 0 Å². The summed E-state index contributed by atoms with van der Waals surface area (Å²) in [4.78, 5) is 29.3. The maximum absolute atomic E-state index is 12.3. The number of benzene rings is 2. The van der Waals surface area contributed by atoms with Gasteiger partial charge in [-0.3, -0.25) is 9.59 Å². The van der Waals surface area contributed by atoms with Gasteiger partial charge in [0.25, 0.3) is 5.91 Å². The molecule has 0 spiro atoms. The Morgan fingerprint density at radius 1 is 1.33 bits per heavy atom. The van der Waals surface area contributed by atoms with Crippen LogP contribution in [0.15, 0.2) is 43.0 Å². The summed E-state index contributed by atoms with van der Waals surface area (Å²) < 4.78 is 0. The molecule has 0 radical (unpaired) electrons. The molecule has 4 rings (SSSR count). The smallest absolute Gasteiger partial charge is 0.250 e. The van der Waals surface area contributed by atoms with Gasteiger partial charge in [0.2, 0.25) is 5.91 Å². The molecule has 2 amide bonds. The zero-order valence-electron chi connectivity index (χ0n) is 19.0. The number of likely N-dealkylation sites (N-methyl/N-ethyl adjacent to an activating group) is 1. The third-order valence-corrected chi connectivity index (χ3v) is 7.00. The van der Waals surface area contributed by atoms with Crippen molar-refractivity contribution in [1.82, 2.24) is 4.98 Å². The number of primary amides is 1. The van der Waals surface area contributed by atoms with Crippen LogP contribution in [-0.2, 0) is 17.6 Å². The number of carbonyl (C=O) groups is 2. The lowest BCUT2D eigenvalue weighted by atomic mass is 9.77. The second-order valence-electron chi connectivity index (χ2n) is 9.22. The number of aromatic nitrogens is 1. The Morgan fingerprint density at radius 2 is 2.06 bits per heavy atom.